The van der Waals surface area contributed by atoms with Crippen LogP contribution in [0.1, 0.15) is 6.92 Å². The molecule has 1 aromatic rings. The van der Waals surface area contributed by atoms with Crippen molar-refractivity contribution in [3.05, 3.63) is 63.5 Å². The van der Waals surface area contributed by atoms with Gasteiger partial charge in [0.2, 0.25) is 0 Å². The molecule has 0 saturated carbocycles. The van der Waals surface area contributed by atoms with E-state index in [0.29, 0.717) is 21.2 Å². The zero-order valence-electron chi connectivity index (χ0n) is 14.1. The van der Waals surface area contributed by atoms with Crippen LogP contribution >= 0.6 is 23.4 Å². The van der Waals surface area contributed by atoms with Gasteiger partial charge in [0.05, 0.1) is 10.6 Å². The molecule has 10 heteroatoms. The molecule has 0 bridgehead atoms. The number of hydrogen-bond acceptors (Lipinski definition) is 5. The Morgan fingerprint density at radius 1 is 1.33 bits per heavy atom. The fourth-order valence-electron chi connectivity index (χ4n) is 2.57. The molecule has 4 N–H and O–H groups in total. The van der Waals surface area contributed by atoms with Crippen LogP contribution in [0.2, 0.25) is 5.02 Å². The predicted octanol–water partition coefficient (Wildman–Crippen LogP) is 4.29. The van der Waals surface area contributed by atoms with E-state index in [4.69, 9.17) is 27.5 Å². The van der Waals surface area contributed by atoms with E-state index >= 15 is 0 Å². The Kier molecular flexibility index (Phi) is 5.45. The van der Waals surface area contributed by atoms with Gasteiger partial charge in [-0.25, -0.2) is 0 Å². The van der Waals surface area contributed by atoms with Gasteiger partial charge in [0, 0.05) is 16.9 Å². The van der Waals surface area contributed by atoms with Crippen LogP contribution in [0.15, 0.2) is 58.5 Å². The summed E-state index contributed by atoms with van der Waals surface area (Å²) in [5.41, 5.74) is 7.47. The number of dihydropyridines is 1. The number of rotatable bonds is 3. The Balaban J connectivity index is 1.80. The summed E-state index contributed by atoms with van der Waals surface area (Å²) < 4.78 is 41.8. The molecule has 0 radical (unpaired) electrons. The van der Waals surface area contributed by atoms with E-state index in [-0.39, 0.29) is 11.6 Å². The standard InChI is InChI=1S/C17H16ClF3N4OS/c1-9-6-12(24-7-13(9)26-8-17(19,20)21)14-15(22)25(16(23)27-14)11-4-2-10(18)3-5-11/h2-7,16,22,24H,8,23H2,1H3. The highest BCUT2D eigenvalue weighted by molar-refractivity contribution is 8.05. The second kappa shape index (κ2) is 7.49. The van der Waals surface area contributed by atoms with Gasteiger partial charge in [-0.2, -0.15) is 13.2 Å². The van der Waals surface area contributed by atoms with E-state index in [1.807, 2.05) is 0 Å². The van der Waals surface area contributed by atoms with E-state index in [9.17, 15) is 13.2 Å². The van der Waals surface area contributed by atoms with Gasteiger partial charge < -0.3 is 20.7 Å². The summed E-state index contributed by atoms with van der Waals surface area (Å²) in [4.78, 5) is 2.23. The Labute approximate surface area is 163 Å². The second-order valence-corrected chi connectivity index (χ2v) is 7.39. The molecule has 0 aliphatic carbocycles. The number of benzene rings is 1. The average Bonchev–Trinajstić information content (AvgIpc) is 2.88. The van der Waals surface area contributed by atoms with Crippen molar-refractivity contribution in [3.63, 3.8) is 0 Å². The van der Waals surface area contributed by atoms with Crippen LogP contribution in [0.4, 0.5) is 18.9 Å². The summed E-state index contributed by atoms with van der Waals surface area (Å²) in [5.74, 6) is 0.291. The zero-order chi connectivity index (χ0) is 19.8. The second-order valence-electron chi connectivity index (χ2n) is 5.83. The summed E-state index contributed by atoms with van der Waals surface area (Å²) in [6, 6.07) is 6.96. The van der Waals surface area contributed by atoms with Gasteiger partial charge in [-0.05, 0) is 42.8 Å². The number of hydrogen-bond donors (Lipinski definition) is 3. The number of thioether (sulfide) groups is 1. The summed E-state index contributed by atoms with van der Waals surface area (Å²) in [6.45, 7) is 0.279. The quantitative estimate of drug-likeness (QED) is 0.685. The van der Waals surface area contributed by atoms with E-state index in [0.717, 1.165) is 5.69 Å². The highest BCUT2D eigenvalue weighted by Gasteiger charge is 2.34. The Morgan fingerprint density at radius 2 is 2.00 bits per heavy atom. The van der Waals surface area contributed by atoms with Gasteiger partial charge in [0.1, 0.15) is 17.1 Å². The minimum Gasteiger partial charge on any atom is -0.482 e. The van der Waals surface area contributed by atoms with Crippen molar-refractivity contribution in [2.75, 3.05) is 11.5 Å². The van der Waals surface area contributed by atoms with Crippen molar-refractivity contribution in [3.8, 4) is 0 Å². The van der Waals surface area contributed by atoms with Gasteiger partial charge in [-0.1, -0.05) is 23.4 Å². The molecular formula is C17H16ClF3N4OS. The van der Waals surface area contributed by atoms with Crippen LogP contribution in [0.3, 0.4) is 0 Å². The number of anilines is 1. The van der Waals surface area contributed by atoms with E-state index in [1.54, 1.807) is 42.2 Å². The number of nitrogens with one attached hydrogen (secondary N) is 2. The summed E-state index contributed by atoms with van der Waals surface area (Å²) in [7, 11) is 0. The molecule has 1 aromatic carbocycles. The smallest absolute Gasteiger partial charge is 0.422 e. The lowest BCUT2D eigenvalue weighted by Crippen LogP contribution is -2.37. The molecule has 1 saturated heterocycles. The highest BCUT2D eigenvalue weighted by atomic mass is 35.5. The minimum atomic E-state index is -4.41. The summed E-state index contributed by atoms with van der Waals surface area (Å²) in [5, 5.41) is 11.9. The lowest BCUT2D eigenvalue weighted by Gasteiger charge is -2.22. The maximum Gasteiger partial charge on any atom is 0.422 e. The van der Waals surface area contributed by atoms with Crippen molar-refractivity contribution < 1.29 is 17.9 Å². The molecule has 3 rings (SSSR count). The third-order valence-electron chi connectivity index (χ3n) is 3.80. The van der Waals surface area contributed by atoms with Gasteiger partial charge in [0.25, 0.3) is 0 Å². The Hall–Kier alpha value is -2.10. The first kappa shape index (κ1) is 19.7. The van der Waals surface area contributed by atoms with Gasteiger partial charge in [0.15, 0.2) is 6.61 Å². The number of nitrogens with zero attached hydrogens (tertiary/aromatic N) is 1. The van der Waals surface area contributed by atoms with Crippen molar-refractivity contribution in [1.29, 1.82) is 5.41 Å². The van der Waals surface area contributed by atoms with Gasteiger partial charge in [-0.3, -0.25) is 5.41 Å². The molecule has 0 spiro atoms. The van der Waals surface area contributed by atoms with E-state index in [1.165, 1.54) is 18.0 Å². The lowest BCUT2D eigenvalue weighted by atomic mass is 10.1. The minimum absolute atomic E-state index is 0.102. The fraction of sp³-hybridized carbons (Fsp3) is 0.235. The van der Waals surface area contributed by atoms with Crippen LogP contribution in [-0.4, -0.2) is 24.1 Å². The molecular weight excluding hydrogens is 401 g/mol. The molecule has 5 nitrogen and oxygen atoms in total. The highest BCUT2D eigenvalue weighted by Crippen LogP contribution is 2.39. The van der Waals surface area contributed by atoms with Crippen LogP contribution in [-0.2, 0) is 4.74 Å². The molecule has 2 aliphatic rings. The van der Waals surface area contributed by atoms with Crippen molar-refractivity contribution in [2.45, 2.75) is 18.6 Å². The summed E-state index contributed by atoms with van der Waals surface area (Å²) >= 11 is 7.18. The number of nitrogens with two attached hydrogens (primary N) is 1. The molecule has 1 atom stereocenters. The zero-order valence-corrected chi connectivity index (χ0v) is 15.7. The maximum atomic E-state index is 12.3. The van der Waals surface area contributed by atoms with Gasteiger partial charge in [-0.15, -0.1) is 0 Å². The fourth-order valence-corrected chi connectivity index (χ4v) is 3.72. The number of halogens is 4. The number of ether oxygens (including phenoxy) is 1. The Morgan fingerprint density at radius 3 is 2.59 bits per heavy atom. The predicted molar refractivity (Wildman–Crippen MR) is 101 cm³/mol. The normalized spacial score (nSPS) is 23.1. The number of alkyl halides is 3. The first-order chi connectivity index (χ1) is 12.7. The van der Waals surface area contributed by atoms with E-state index in [2.05, 4.69) is 5.32 Å². The summed E-state index contributed by atoms with van der Waals surface area (Å²) in [6.07, 6.45) is -1.41. The largest absolute Gasteiger partial charge is 0.482 e. The van der Waals surface area contributed by atoms with Crippen molar-refractivity contribution >= 4 is 34.9 Å². The molecule has 1 unspecified atom stereocenters. The topological polar surface area (TPSA) is 74.4 Å². The third-order valence-corrected chi connectivity index (χ3v) is 5.15. The number of amidine groups is 1. The maximum absolute atomic E-state index is 12.3. The lowest BCUT2D eigenvalue weighted by molar-refractivity contribution is -0.164. The van der Waals surface area contributed by atoms with Gasteiger partial charge >= 0.3 is 6.18 Å². The molecule has 0 aromatic heterocycles. The SMILES string of the molecule is CC1=CC(=C2SC(N)N(c3ccc(Cl)cc3)C2=N)NC=C1OCC(F)(F)F. The van der Waals surface area contributed by atoms with Crippen molar-refractivity contribution in [1.82, 2.24) is 5.32 Å². The average molecular weight is 417 g/mol. The molecule has 0 amide bonds. The third kappa shape index (κ3) is 4.42. The molecule has 2 heterocycles. The monoisotopic (exact) mass is 416 g/mol. The van der Waals surface area contributed by atoms with E-state index < -0.39 is 18.3 Å². The first-order valence-corrected chi connectivity index (χ1v) is 9.06. The first-order valence-electron chi connectivity index (χ1n) is 7.81. The van der Waals surface area contributed by atoms with Crippen LogP contribution in [0.5, 0.6) is 0 Å². The van der Waals surface area contributed by atoms with Crippen LogP contribution < -0.4 is 16.0 Å². The van der Waals surface area contributed by atoms with Crippen LogP contribution in [0, 0.1) is 5.41 Å². The van der Waals surface area contributed by atoms with Crippen molar-refractivity contribution in [2.24, 2.45) is 5.73 Å². The molecule has 1 fully saturated rings. The number of allylic oxidation sites excluding steroid dienone is 2. The van der Waals surface area contributed by atoms with Crippen LogP contribution in [0.25, 0.3) is 0 Å². The molecule has 2 aliphatic heterocycles. The Bertz CT molecular complexity index is 849. The molecule has 27 heavy (non-hydrogen) atoms. The molecule has 144 valence electrons.